The number of nitrogens with zero attached hydrogens (tertiary/aromatic N) is 4. The normalized spacial score (nSPS) is 16.9. The molecule has 1 aromatic carbocycles. The van der Waals surface area contributed by atoms with Gasteiger partial charge >= 0.3 is 0 Å². The van der Waals surface area contributed by atoms with Gasteiger partial charge in [0.1, 0.15) is 6.07 Å². The van der Waals surface area contributed by atoms with E-state index < -0.39 is 9.73 Å². The highest BCUT2D eigenvalue weighted by atomic mass is 35.5. The smallest absolute Gasteiger partial charge is 0.103 e. The molecular formula is C14H17ClN4OS. The molecule has 112 valence electrons. The summed E-state index contributed by atoms with van der Waals surface area (Å²) in [6, 6.07) is 5.29. The first kappa shape index (κ1) is 15.8. The highest BCUT2D eigenvalue weighted by Gasteiger charge is 2.17. The minimum atomic E-state index is -2.17. The summed E-state index contributed by atoms with van der Waals surface area (Å²) in [5, 5.41) is 9.46. The number of hydrogen-bond donors (Lipinski definition) is 0. The van der Waals surface area contributed by atoms with E-state index >= 15 is 0 Å². The fraction of sp³-hybridized carbons (Fsp3) is 0.429. The summed E-state index contributed by atoms with van der Waals surface area (Å²) < 4.78 is 16.8. The third-order valence-electron chi connectivity index (χ3n) is 3.04. The third kappa shape index (κ3) is 3.96. The Morgan fingerprint density at radius 1 is 1.38 bits per heavy atom. The van der Waals surface area contributed by atoms with E-state index in [2.05, 4.69) is 9.36 Å². The monoisotopic (exact) mass is 324 g/mol. The Kier molecular flexibility index (Phi) is 4.86. The lowest BCUT2D eigenvalue weighted by Gasteiger charge is -2.07. The molecule has 0 atom stereocenters. The van der Waals surface area contributed by atoms with E-state index in [1.807, 2.05) is 20.2 Å². The fourth-order valence-corrected chi connectivity index (χ4v) is 4.50. The number of benzene rings is 1. The molecule has 0 unspecified atom stereocenters. The first-order chi connectivity index (χ1) is 9.93. The molecule has 2 rings (SSSR count). The molecule has 7 heteroatoms. The van der Waals surface area contributed by atoms with E-state index in [4.69, 9.17) is 11.6 Å². The second-order valence-electron chi connectivity index (χ2n) is 5.12. The lowest BCUT2D eigenvalue weighted by Crippen LogP contribution is -2.07. The Morgan fingerprint density at radius 2 is 2.05 bits per heavy atom. The molecular weight excluding hydrogens is 308 g/mol. The van der Waals surface area contributed by atoms with Crippen molar-refractivity contribution < 1.29 is 4.21 Å². The van der Waals surface area contributed by atoms with Gasteiger partial charge in [0.2, 0.25) is 0 Å². The van der Waals surface area contributed by atoms with Crippen molar-refractivity contribution in [3.8, 4) is 6.07 Å². The molecule has 21 heavy (non-hydrogen) atoms. The summed E-state index contributed by atoms with van der Waals surface area (Å²) >= 11 is 6.12. The Labute approximate surface area is 130 Å². The summed E-state index contributed by atoms with van der Waals surface area (Å²) in [5.74, 6) is 1.25. The van der Waals surface area contributed by atoms with Crippen LogP contribution in [0.5, 0.6) is 0 Å². The molecule has 1 aromatic rings. The molecule has 1 saturated heterocycles. The number of rotatable bonds is 3. The summed E-state index contributed by atoms with van der Waals surface area (Å²) in [6.07, 6.45) is 3.47. The SMILES string of the molecule is CN(C)C=Nc1cc(N=S2(=O)CCCC2)cc(Cl)c1C#N. The highest BCUT2D eigenvalue weighted by molar-refractivity contribution is 7.93. The predicted molar refractivity (Wildman–Crippen MR) is 87.2 cm³/mol. The van der Waals surface area contributed by atoms with Crippen LogP contribution in [0.3, 0.4) is 0 Å². The highest BCUT2D eigenvalue weighted by Crippen LogP contribution is 2.33. The lowest BCUT2D eigenvalue weighted by molar-refractivity contribution is 0.643. The van der Waals surface area contributed by atoms with Crippen LogP contribution in [-0.2, 0) is 9.73 Å². The van der Waals surface area contributed by atoms with Crippen molar-refractivity contribution in [3.05, 3.63) is 22.7 Å². The van der Waals surface area contributed by atoms with Crippen molar-refractivity contribution in [3.63, 3.8) is 0 Å². The number of nitriles is 1. The summed E-state index contributed by atoms with van der Waals surface area (Å²) in [5.41, 5.74) is 1.27. The molecule has 1 fully saturated rings. The maximum absolute atomic E-state index is 12.5. The van der Waals surface area contributed by atoms with Crippen molar-refractivity contribution in [2.75, 3.05) is 25.6 Å². The van der Waals surface area contributed by atoms with Gasteiger partial charge in [0, 0.05) is 25.6 Å². The molecule has 0 saturated carbocycles. The van der Waals surface area contributed by atoms with Crippen LogP contribution < -0.4 is 0 Å². The zero-order valence-corrected chi connectivity index (χ0v) is 13.6. The van der Waals surface area contributed by atoms with Crippen molar-refractivity contribution in [2.45, 2.75) is 12.8 Å². The second-order valence-corrected chi connectivity index (χ2v) is 8.07. The first-order valence-electron chi connectivity index (χ1n) is 6.60. The quantitative estimate of drug-likeness (QED) is 0.632. The largest absolute Gasteiger partial charge is 0.369 e. The minimum absolute atomic E-state index is 0.283. The standard InChI is InChI=1S/C14H17ClN4OS/c1-19(2)10-17-14-8-11(7-13(15)12(14)9-16)18-21(20)5-3-4-6-21/h7-8,10H,3-6H2,1-2H3. The van der Waals surface area contributed by atoms with Crippen LogP contribution in [0.15, 0.2) is 21.5 Å². The van der Waals surface area contributed by atoms with Gasteiger partial charge in [0.25, 0.3) is 0 Å². The van der Waals surface area contributed by atoms with Gasteiger partial charge in [-0.2, -0.15) is 9.62 Å². The second kappa shape index (κ2) is 6.46. The predicted octanol–water partition coefficient (Wildman–Crippen LogP) is 3.33. The fourth-order valence-electron chi connectivity index (χ4n) is 2.06. The van der Waals surface area contributed by atoms with E-state index in [-0.39, 0.29) is 5.02 Å². The Hall–Kier alpha value is -1.58. The van der Waals surface area contributed by atoms with Crippen LogP contribution in [0.1, 0.15) is 18.4 Å². The molecule has 1 aliphatic rings. The molecule has 5 nitrogen and oxygen atoms in total. The van der Waals surface area contributed by atoms with Crippen LogP contribution in [0.2, 0.25) is 5.02 Å². The van der Waals surface area contributed by atoms with Crippen LogP contribution in [-0.4, -0.2) is 41.0 Å². The van der Waals surface area contributed by atoms with Gasteiger partial charge in [0.05, 0.1) is 38.0 Å². The maximum atomic E-state index is 12.5. The van der Waals surface area contributed by atoms with Gasteiger partial charge in [-0.05, 0) is 25.0 Å². The van der Waals surface area contributed by atoms with Crippen molar-refractivity contribution in [1.29, 1.82) is 5.26 Å². The zero-order chi connectivity index (χ0) is 15.5. The van der Waals surface area contributed by atoms with E-state index in [1.165, 1.54) is 0 Å². The van der Waals surface area contributed by atoms with Crippen molar-refractivity contribution in [1.82, 2.24) is 4.90 Å². The molecule has 0 N–H and O–H groups in total. The van der Waals surface area contributed by atoms with E-state index in [0.717, 1.165) is 12.8 Å². The minimum Gasteiger partial charge on any atom is -0.369 e. The first-order valence-corrected chi connectivity index (χ1v) is 8.83. The van der Waals surface area contributed by atoms with Crippen LogP contribution >= 0.6 is 11.6 Å². The molecule has 0 bridgehead atoms. The molecule has 0 aliphatic carbocycles. The summed E-state index contributed by atoms with van der Waals surface area (Å²) in [4.78, 5) is 6.00. The average Bonchev–Trinajstić information content (AvgIpc) is 2.82. The molecule has 1 aliphatic heterocycles. The zero-order valence-electron chi connectivity index (χ0n) is 12.0. The molecule has 1 heterocycles. The van der Waals surface area contributed by atoms with Gasteiger partial charge in [0.15, 0.2) is 0 Å². The number of hydrogen-bond acceptors (Lipinski definition) is 4. The van der Waals surface area contributed by atoms with E-state index in [0.29, 0.717) is 28.4 Å². The summed E-state index contributed by atoms with van der Waals surface area (Å²) in [6.45, 7) is 0. The maximum Gasteiger partial charge on any atom is 0.103 e. The van der Waals surface area contributed by atoms with Gasteiger partial charge in [-0.3, -0.25) is 0 Å². The van der Waals surface area contributed by atoms with Crippen molar-refractivity contribution in [2.24, 2.45) is 9.36 Å². The van der Waals surface area contributed by atoms with E-state index in [1.54, 1.807) is 23.4 Å². The van der Waals surface area contributed by atoms with Gasteiger partial charge in [-0.1, -0.05) is 11.6 Å². The van der Waals surface area contributed by atoms with Gasteiger partial charge in [-0.25, -0.2) is 9.20 Å². The van der Waals surface area contributed by atoms with Gasteiger partial charge in [-0.15, -0.1) is 0 Å². The van der Waals surface area contributed by atoms with Crippen LogP contribution in [0.25, 0.3) is 0 Å². The topological polar surface area (TPSA) is 68.8 Å². The number of halogens is 1. The summed E-state index contributed by atoms with van der Waals surface area (Å²) in [7, 11) is 1.50. The lowest BCUT2D eigenvalue weighted by atomic mass is 10.2. The third-order valence-corrected chi connectivity index (χ3v) is 5.74. The van der Waals surface area contributed by atoms with Crippen LogP contribution in [0.4, 0.5) is 11.4 Å². The Bertz CT molecular complexity index is 715. The van der Waals surface area contributed by atoms with Crippen LogP contribution in [0, 0.1) is 11.3 Å². The number of aliphatic imine (C=N–C) groups is 1. The molecule has 0 spiro atoms. The Morgan fingerprint density at radius 3 is 2.62 bits per heavy atom. The molecule has 0 aromatic heterocycles. The van der Waals surface area contributed by atoms with E-state index in [9.17, 15) is 9.47 Å². The Balaban J connectivity index is 2.51. The van der Waals surface area contributed by atoms with Crippen molar-refractivity contribution >= 4 is 39.0 Å². The molecule has 0 radical (unpaired) electrons. The average molecular weight is 325 g/mol. The molecule has 0 amide bonds. The van der Waals surface area contributed by atoms with Gasteiger partial charge < -0.3 is 4.90 Å².